The van der Waals surface area contributed by atoms with Crippen molar-refractivity contribution in [3.63, 3.8) is 0 Å². The summed E-state index contributed by atoms with van der Waals surface area (Å²) in [7, 11) is 1.40. The van der Waals surface area contributed by atoms with Gasteiger partial charge in [-0.15, -0.1) is 0 Å². The van der Waals surface area contributed by atoms with Crippen molar-refractivity contribution in [2.24, 2.45) is 5.92 Å². The minimum Gasteiger partial charge on any atom is -0.444 e. The van der Waals surface area contributed by atoms with Crippen molar-refractivity contribution in [3.05, 3.63) is 124 Å². The first-order chi connectivity index (χ1) is 42.0. The number of fused-ring (bicyclic) bond motifs is 2. The van der Waals surface area contributed by atoms with Gasteiger partial charge in [0.25, 0.3) is 5.91 Å². The molecule has 0 unspecified atom stereocenters. The smallest absolute Gasteiger partial charge is 0.410 e. The summed E-state index contributed by atoms with van der Waals surface area (Å²) in [4.78, 5) is 112. The molecule has 89 heavy (non-hydrogen) atoms. The molecule has 0 aromatic heterocycles. The maximum atomic E-state index is 15.4. The molecular formula is C66H84F3N9O11. The maximum Gasteiger partial charge on any atom is 0.410 e. The first kappa shape index (κ1) is 65.8. The van der Waals surface area contributed by atoms with E-state index in [4.69, 9.17) is 18.9 Å². The number of hydrogen-bond acceptors (Lipinski definition) is 13. The van der Waals surface area contributed by atoms with Gasteiger partial charge < -0.3 is 49.6 Å². The topological polar surface area (TPSA) is 212 Å². The Balaban J connectivity index is 1.02. The largest absolute Gasteiger partial charge is 0.444 e. The molecule has 9 rings (SSSR count). The predicted molar refractivity (Wildman–Crippen MR) is 327 cm³/mol. The Morgan fingerprint density at radius 1 is 0.775 bits per heavy atom. The molecule has 5 aliphatic rings. The maximum absolute atomic E-state index is 15.4. The van der Waals surface area contributed by atoms with Crippen LogP contribution in [-0.4, -0.2) is 180 Å². The number of rotatable bonds is 15. The summed E-state index contributed by atoms with van der Waals surface area (Å²) in [5.74, 6) is -6.17. The second-order valence-corrected chi connectivity index (χ2v) is 26.5. The zero-order chi connectivity index (χ0) is 64.4. The third kappa shape index (κ3) is 15.2. The molecule has 20 nitrogen and oxygen atoms in total. The first-order valence-corrected chi connectivity index (χ1v) is 30.6. The Kier molecular flexibility index (Phi) is 19.9. The van der Waals surface area contributed by atoms with Gasteiger partial charge in [0.05, 0.1) is 25.2 Å². The van der Waals surface area contributed by atoms with Crippen molar-refractivity contribution in [2.75, 3.05) is 88.3 Å². The van der Waals surface area contributed by atoms with Crippen LogP contribution in [0.3, 0.4) is 0 Å². The zero-order valence-corrected chi connectivity index (χ0v) is 52.8. The summed E-state index contributed by atoms with van der Waals surface area (Å²) >= 11 is 0. The van der Waals surface area contributed by atoms with Gasteiger partial charge >= 0.3 is 12.2 Å². The van der Waals surface area contributed by atoms with Crippen LogP contribution < -0.4 is 20.9 Å². The van der Waals surface area contributed by atoms with Crippen LogP contribution in [0.1, 0.15) is 116 Å². The van der Waals surface area contributed by atoms with Crippen LogP contribution in [-0.2, 0) is 61.3 Å². The van der Waals surface area contributed by atoms with Crippen molar-refractivity contribution < 1.29 is 65.7 Å². The van der Waals surface area contributed by atoms with E-state index in [-0.39, 0.29) is 73.9 Å². The van der Waals surface area contributed by atoms with E-state index in [1.165, 1.54) is 37.1 Å². The molecule has 480 valence electrons. The van der Waals surface area contributed by atoms with Gasteiger partial charge in [-0.2, -0.15) is 0 Å². The van der Waals surface area contributed by atoms with Crippen molar-refractivity contribution in [3.8, 4) is 0 Å². The number of carbonyl (C=O) groups is 7. The summed E-state index contributed by atoms with van der Waals surface area (Å²) in [6, 6.07) is 15.1. The van der Waals surface area contributed by atoms with Crippen LogP contribution in [0, 0.1) is 23.4 Å². The lowest BCUT2D eigenvalue weighted by Gasteiger charge is -2.47. The summed E-state index contributed by atoms with van der Waals surface area (Å²) in [6.07, 6.45) is -0.119. The van der Waals surface area contributed by atoms with Gasteiger partial charge in [-0.1, -0.05) is 36.4 Å². The van der Waals surface area contributed by atoms with E-state index in [0.717, 1.165) is 34.2 Å². The minimum atomic E-state index is -1.56. The molecule has 7 amide bonds. The van der Waals surface area contributed by atoms with E-state index < -0.39 is 93.8 Å². The molecule has 0 bridgehead atoms. The molecule has 3 saturated heterocycles. The highest BCUT2D eigenvalue weighted by Crippen LogP contribution is 2.44. The molecule has 0 saturated carbocycles. The van der Waals surface area contributed by atoms with Crippen LogP contribution >= 0.6 is 0 Å². The fourth-order valence-corrected chi connectivity index (χ4v) is 12.4. The van der Waals surface area contributed by atoms with Gasteiger partial charge in [-0.3, -0.25) is 38.7 Å². The fourth-order valence-electron chi connectivity index (χ4n) is 12.4. The van der Waals surface area contributed by atoms with Gasteiger partial charge in [0.2, 0.25) is 23.6 Å². The lowest BCUT2D eigenvalue weighted by Crippen LogP contribution is -2.64. The average Bonchev–Trinajstić information content (AvgIpc) is 1.64. The third-order valence-corrected chi connectivity index (χ3v) is 17.5. The number of likely N-dealkylation sites (N-methyl/N-ethyl adjacent to an activating group) is 1. The molecule has 4 aromatic carbocycles. The van der Waals surface area contributed by atoms with Gasteiger partial charge in [-0.05, 0) is 165 Å². The number of ether oxygens (including phenoxy) is 4. The normalized spacial score (nSPS) is 22.3. The van der Waals surface area contributed by atoms with E-state index in [2.05, 4.69) is 32.7 Å². The first-order valence-electron chi connectivity index (χ1n) is 30.6. The summed E-state index contributed by atoms with van der Waals surface area (Å²) in [5, 5.41) is 8.30. The predicted octanol–water partition coefficient (Wildman–Crippen LogP) is 8.16. The van der Waals surface area contributed by atoms with E-state index in [1.54, 1.807) is 61.8 Å². The molecule has 0 spiro atoms. The fraction of sp³-hybridized carbons (Fsp3) is 0.530. The number of anilines is 3. The standard InChI is InChI=1S/C66H84F3N9O11/c1-39-32-75(48(34-74-25-28-87-37-40(74)2)35-76(39)63(85)89-65(7,8)9)36-54(79)78-38-66(10,50-22-17-43(30-53(50)78)29-42-15-19-46(67)20-16-42)61(83)70-47-21-18-45-33-77(57(49(45)31-47)59(81)72-56-51(68)13-12-14-52(56)69)60(82)55(44-23-26-86-27-24-44)71-58(80)41(3)73(11)62(84)88-64(4,5)6/h12-22,30-31,39-41,44,48,55,57H,23-29,32-38H2,1-11H3,(H,70,83)(H,71,80)(H,72,81)/t39-,40+,41-,48-,55-,57-,66+/m0/s1. The second-order valence-electron chi connectivity index (χ2n) is 26.5. The number of halogens is 3. The molecule has 0 aliphatic carbocycles. The van der Waals surface area contributed by atoms with Crippen LogP contribution in [0.15, 0.2) is 78.9 Å². The molecule has 7 atom stereocenters. The lowest BCUT2D eigenvalue weighted by atomic mass is 9.82. The van der Waals surface area contributed by atoms with E-state index in [1.807, 2.05) is 45.9 Å². The van der Waals surface area contributed by atoms with Gasteiger partial charge in [0.1, 0.15) is 52.5 Å². The Bertz CT molecular complexity index is 3300. The minimum absolute atomic E-state index is 0.0588. The number of amides is 7. The van der Waals surface area contributed by atoms with E-state index in [9.17, 15) is 23.6 Å². The summed E-state index contributed by atoms with van der Waals surface area (Å²) < 4.78 is 67.5. The van der Waals surface area contributed by atoms with Crippen LogP contribution in [0.4, 0.5) is 39.8 Å². The summed E-state index contributed by atoms with van der Waals surface area (Å²) in [6.45, 7) is 20.9. The van der Waals surface area contributed by atoms with Crippen molar-refractivity contribution in [1.29, 1.82) is 0 Å². The van der Waals surface area contributed by atoms with Crippen molar-refractivity contribution in [1.82, 2.24) is 29.8 Å². The number of benzene rings is 4. The summed E-state index contributed by atoms with van der Waals surface area (Å²) in [5.41, 5.74) is -0.195. The highest BCUT2D eigenvalue weighted by molar-refractivity contribution is 6.07. The van der Waals surface area contributed by atoms with E-state index >= 15 is 23.2 Å². The molecule has 23 heteroatoms. The quantitative estimate of drug-likeness (QED) is 0.103. The molecule has 5 heterocycles. The van der Waals surface area contributed by atoms with Crippen LogP contribution in [0.2, 0.25) is 0 Å². The average molecular weight is 1240 g/mol. The molecule has 4 aromatic rings. The highest BCUT2D eigenvalue weighted by Gasteiger charge is 2.49. The zero-order valence-electron chi connectivity index (χ0n) is 52.8. The van der Waals surface area contributed by atoms with Gasteiger partial charge in [0, 0.05) is 89.0 Å². The number of hydrogen-bond donors (Lipinski definition) is 3. The molecule has 0 radical (unpaired) electrons. The lowest BCUT2D eigenvalue weighted by molar-refractivity contribution is -0.144. The van der Waals surface area contributed by atoms with Crippen LogP contribution in [0.5, 0.6) is 0 Å². The molecule has 3 fully saturated rings. The Labute approximate surface area is 518 Å². The monoisotopic (exact) mass is 1240 g/mol. The molecular weight excluding hydrogens is 1150 g/mol. The third-order valence-electron chi connectivity index (χ3n) is 17.5. The Morgan fingerprint density at radius 2 is 1.45 bits per heavy atom. The second kappa shape index (κ2) is 26.8. The van der Waals surface area contributed by atoms with Crippen molar-refractivity contribution >= 4 is 58.8 Å². The Hall–Kier alpha value is -7.60. The van der Waals surface area contributed by atoms with Gasteiger partial charge in [0.15, 0.2) is 0 Å². The van der Waals surface area contributed by atoms with Crippen LogP contribution in [0.25, 0.3) is 0 Å². The number of morpholine rings is 1. The Morgan fingerprint density at radius 3 is 2.11 bits per heavy atom. The number of carbonyl (C=O) groups excluding carboxylic acids is 7. The number of para-hydroxylation sites is 1. The highest BCUT2D eigenvalue weighted by atomic mass is 19.1. The number of nitrogens with one attached hydrogen (secondary N) is 3. The number of piperazine rings is 1. The number of nitrogens with zero attached hydrogens (tertiary/aromatic N) is 6. The SMILES string of the molecule is C[C@@H]1COCCN1C[C@H]1CN(C(=O)OC(C)(C)C)[C@@H](C)CN1CC(=O)N1C[C@@](C)(C(=O)Nc2ccc3c(c2)[C@@H](C(=O)Nc2c(F)cccc2F)N(C(=O)[C@@H](NC(=O)[C@H](C)N(C)C(=O)OC(C)(C)C)C2CCOCC2)C3)c2ccc(Cc3ccc(F)cc3)cc21. The van der Waals surface area contributed by atoms with E-state index in [0.29, 0.717) is 75.5 Å². The molecule has 5 aliphatic heterocycles. The van der Waals surface area contributed by atoms with Crippen molar-refractivity contribution in [2.45, 2.75) is 148 Å². The van der Waals surface area contributed by atoms with Gasteiger partial charge in [-0.25, -0.2) is 22.8 Å². The molecule has 3 N–H and O–H groups in total.